The largest absolute Gasteiger partial charge is 0.417 e. The highest BCUT2D eigenvalue weighted by molar-refractivity contribution is 6.32. The van der Waals surface area contributed by atoms with Crippen molar-refractivity contribution in [3.05, 3.63) is 58.4 Å². The van der Waals surface area contributed by atoms with Crippen LogP contribution in [0.15, 0.2) is 41.6 Å². The van der Waals surface area contributed by atoms with E-state index in [1.165, 1.54) is 6.07 Å². The molecule has 0 bridgehead atoms. The quantitative estimate of drug-likeness (QED) is 0.557. The van der Waals surface area contributed by atoms with Crippen LogP contribution in [0.25, 0.3) is 10.9 Å². The highest BCUT2D eigenvalue weighted by atomic mass is 35.5. The van der Waals surface area contributed by atoms with E-state index in [9.17, 15) is 18.0 Å². The highest BCUT2D eigenvalue weighted by Gasteiger charge is 2.30. The molecule has 0 unspecified atom stereocenters. The second-order valence-corrected chi connectivity index (χ2v) is 6.61. The number of hydrazone groups is 1. The van der Waals surface area contributed by atoms with Crippen molar-refractivity contribution in [1.29, 1.82) is 0 Å². The number of benzene rings is 1. The van der Waals surface area contributed by atoms with Crippen LogP contribution in [-0.4, -0.2) is 28.1 Å². The number of alkyl halides is 3. The Hall–Kier alpha value is -3.07. The summed E-state index contributed by atoms with van der Waals surface area (Å²) in [4.78, 5) is 19.1. The maximum Gasteiger partial charge on any atom is 0.417 e. The Morgan fingerprint density at radius 1 is 1.21 bits per heavy atom. The summed E-state index contributed by atoms with van der Waals surface area (Å²) in [7, 11) is 0. The molecule has 0 fully saturated rings. The second-order valence-electron chi connectivity index (χ2n) is 6.17. The van der Waals surface area contributed by atoms with Gasteiger partial charge in [-0.1, -0.05) is 11.6 Å². The van der Waals surface area contributed by atoms with Crippen LogP contribution in [0.1, 0.15) is 28.0 Å². The molecule has 1 amide bonds. The molecule has 3 heterocycles. The lowest BCUT2D eigenvalue weighted by Crippen LogP contribution is -2.23. The molecule has 1 aromatic carbocycles. The van der Waals surface area contributed by atoms with Crippen LogP contribution in [0, 0.1) is 0 Å². The maximum absolute atomic E-state index is 12.6. The van der Waals surface area contributed by atoms with Gasteiger partial charge in [-0.2, -0.15) is 18.3 Å². The smallest absolute Gasteiger partial charge is 0.350 e. The van der Waals surface area contributed by atoms with E-state index in [-0.39, 0.29) is 11.7 Å². The number of hydrogen-bond acceptors (Lipinski definition) is 4. The van der Waals surface area contributed by atoms with Gasteiger partial charge in [-0.25, -0.2) is 4.98 Å². The molecule has 10 heteroatoms. The number of nitrogens with zero attached hydrogens (tertiary/aromatic N) is 2. The number of H-pyrrole nitrogens is 1. The van der Waals surface area contributed by atoms with Crippen LogP contribution < -0.4 is 10.7 Å². The van der Waals surface area contributed by atoms with E-state index in [4.69, 9.17) is 11.6 Å². The minimum atomic E-state index is -4.46. The van der Waals surface area contributed by atoms with Crippen LogP contribution in [0.4, 0.5) is 19.0 Å². The monoisotopic (exact) mass is 407 g/mol. The van der Waals surface area contributed by atoms with Crippen LogP contribution in [0.3, 0.4) is 0 Å². The predicted molar refractivity (Wildman–Crippen MR) is 99.7 cm³/mol. The fourth-order valence-corrected chi connectivity index (χ4v) is 3.18. The van der Waals surface area contributed by atoms with Gasteiger partial charge in [0.15, 0.2) is 0 Å². The number of anilines is 1. The van der Waals surface area contributed by atoms with Crippen molar-refractivity contribution in [1.82, 2.24) is 15.3 Å². The van der Waals surface area contributed by atoms with E-state index in [1.54, 1.807) is 18.2 Å². The Morgan fingerprint density at radius 2 is 2.04 bits per heavy atom. The Morgan fingerprint density at radius 3 is 2.75 bits per heavy atom. The van der Waals surface area contributed by atoms with Gasteiger partial charge in [0.25, 0.3) is 5.91 Å². The number of aromatic nitrogens is 2. The van der Waals surface area contributed by atoms with Crippen LogP contribution in [0.5, 0.6) is 0 Å². The van der Waals surface area contributed by atoms with Gasteiger partial charge in [-0.05, 0) is 30.3 Å². The fraction of sp³-hybridized carbons (Fsp3) is 0.167. The zero-order chi connectivity index (χ0) is 19.9. The number of pyridine rings is 1. The fourth-order valence-electron chi connectivity index (χ4n) is 3.01. The molecule has 0 atom stereocenters. The maximum atomic E-state index is 12.6. The van der Waals surface area contributed by atoms with Gasteiger partial charge < -0.3 is 10.3 Å². The standard InChI is InChI=1S/C18H13ClF3N5O/c19-10-2-3-12-11(7-10)15-13(5-6-23-17(28)16(15)25-12)26-27-14-4-1-9(8-24-14)18(20,21)22/h1-4,7-8,25H,5-6H2,(H,23,28)(H,24,27)/b26-13+. The van der Waals surface area contributed by atoms with E-state index >= 15 is 0 Å². The average Bonchev–Trinajstić information content (AvgIpc) is 2.95. The molecule has 1 aliphatic heterocycles. The molecule has 0 saturated heterocycles. The van der Waals surface area contributed by atoms with Crippen molar-refractivity contribution < 1.29 is 18.0 Å². The summed E-state index contributed by atoms with van der Waals surface area (Å²) in [6.07, 6.45) is -3.30. The summed E-state index contributed by atoms with van der Waals surface area (Å²) in [6.45, 7) is 0.365. The first-order valence-corrected chi connectivity index (χ1v) is 8.66. The Balaban J connectivity index is 1.72. The van der Waals surface area contributed by atoms with Gasteiger partial charge in [-0.15, -0.1) is 0 Å². The molecule has 3 N–H and O–H groups in total. The van der Waals surface area contributed by atoms with Crippen molar-refractivity contribution in [2.45, 2.75) is 12.6 Å². The number of halogens is 4. The molecule has 28 heavy (non-hydrogen) atoms. The van der Waals surface area contributed by atoms with Gasteiger partial charge in [0.2, 0.25) is 0 Å². The summed E-state index contributed by atoms with van der Waals surface area (Å²) in [5, 5.41) is 8.32. The number of nitrogens with one attached hydrogen (secondary N) is 3. The van der Waals surface area contributed by atoms with Gasteiger partial charge in [0, 0.05) is 40.7 Å². The van der Waals surface area contributed by atoms with Crippen LogP contribution in [0.2, 0.25) is 5.02 Å². The topological polar surface area (TPSA) is 82.2 Å². The highest BCUT2D eigenvalue weighted by Crippen LogP contribution is 2.30. The molecule has 4 rings (SSSR count). The lowest BCUT2D eigenvalue weighted by molar-refractivity contribution is -0.137. The first-order valence-electron chi connectivity index (χ1n) is 8.28. The summed E-state index contributed by atoms with van der Waals surface area (Å²) < 4.78 is 37.9. The minimum absolute atomic E-state index is 0.156. The Labute approximate surface area is 161 Å². The lowest BCUT2D eigenvalue weighted by atomic mass is 10.0. The first-order chi connectivity index (χ1) is 13.3. The molecule has 1 aliphatic rings. The van der Waals surface area contributed by atoms with Gasteiger partial charge in [-0.3, -0.25) is 10.2 Å². The molecule has 0 saturated carbocycles. The number of aromatic amines is 1. The minimum Gasteiger partial charge on any atom is -0.350 e. The zero-order valence-corrected chi connectivity index (χ0v) is 14.9. The van der Waals surface area contributed by atoms with Gasteiger partial charge in [0.1, 0.15) is 11.5 Å². The van der Waals surface area contributed by atoms with E-state index in [1.807, 2.05) is 0 Å². The normalized spacial score (nSPS) is 16.0. The third-order valence-corrected chi connectivity index (χ3v) is 4.55. The van der Waals surface area contributed by atoms with Crippen molar-refractivity contribution in [2.75, 3.05) is 12.0 Å². The van der Waals surface area contributed by atoms with E-state index < -0.39 is 11.7 Å². The molecular weight excluding hydrogens is 395 g/mol. The molecule has 3 aromatic rings. The number of carbonyl (C=O) groups is 1. The summed E-state index contributed by atoms with van der Waals surface area (Å²) >= 11 is 6.10. The molecular formula is C18H13ClF3N5O. The molecule has 0 radical (unpaired) electrons. The second kappa shape index (κ2) is 6.83. The molecule has 0 aliphatic carbocycles. The number of rotatable bonds is 2. The lowest BCUT2D eigenvalue weighted by Gasteiger charge is -2.08. The Kier molecular flexibility index (Phi) is 4.46. The number of hydrogen-bond donors (Lipinski definition) is 3. The van der Waals surface area contributed by atoms with E-state index in [2.05, 4.69) is 25.8 Å². The first kappa shape index (κ1) is 18.3. The number of amides is 1. The number of carbonyl (C=O) groups excluding carboxylic acids is 1. The molecule has 6 nitrogen and oxygen atoms in total. The Bertz CT molecular complexity index is 1090. The van der Waals surface area contributed by atoms with Crippen molar-refractivity contribution in [2.24, 2.45) is 5.10 Å². The predicted octanol–water partition coefficient (Wildman–Crippen LogP) is 4.18. The summed E-state index contributed by atoms with van der Waals surface area (Å²) in [5.41, 5.74) is 4.07. The average molecular weight is 408 g/mol. The zero-order valence-electron chi connectivity index (χ0n) is 14.2. The third-order valence-electron chi connectivity index (χ3n) is 4.32. The van der Waals surface area contributed by atoms with Gasteiger partial charge in [0.05, 0.1) is 11.3 Å². The van der Waals surface area contributed by atoms with Crippen LogP contribution >= 0.6 is 11.6 Å². The van der Waals surface area contributed by atoms with E-state index in [0.29, 0.717) is 35.0 Å². The SMILES string of the molecule is O=C1NCC/C(=N\Nc2ccc(C(F)(F)F)cn2)c2c1[nH]c1ccc(Cl)cc21. The van der Waals surface area contributed by atoms with Crippen molar-refractivity contribution >= 4 is 39.9 Å². The third kappa shape index (κ3) is 3.40. The molecule has 0 spiro atoms. The van der Waals surface area contributed by atoms with Gasteiger partial charge >= 0.3 is 6.18 Å². The molecule has 2 aromatic heterocycles. The number of fused-ring (bicyclic) bond motifs is 3. The van der Waals surface area contributed by atoms with Crippen molar-refractivity contribution in [3.63, 3.8) is 0 Å². The van der Waals surface area contributed by atoms with Crippen molar-refractivity contribution in [3.8, 4) is 0 Å². The molecule has 144 valence electrons. The van der Waals surface area contributed by atoms with E-state index in [0.717, 1.165) is 23.2 Å². The summed E-state index contributed by atoms with van der Waals surface area (Å²) in [5.74, 6) is -0.108. The van der Waals surface area contributed by atoms with Crippen LogP contribution in [-0.2, 0) is 6.18 Å². The summed E-state index contributed by atoms with van der Waals surface area (Å²) in [6, 6.07) is 7.32.